The average Bonchev–Trinajstić information content (AvgIpc) is 2.55. The van der Waals surface area contributed by atoms with Gasteiger partial charge in [-0.05, 0) is 43.3 Å². The van der Waals surface area contributed by atoms with Crippen LogP contribution in [0, 0.1) is 24.1 Å². The number of nitrogens with zero attached hydrogens (tertiary/aromatic N) is 1. The van der Waals surface area contributed by atoms with Crippen molar-refractivity contribution >= 4 is 11.6 Å². The second kappa shape index (κ2) is 7.27. The van der Waals surface area contributed by atoms with Crippen LogP contribution in [0.15, 0.2) is 36.4 Å². The Bertz CT molecular complexity index is 752. The number of ether oxygens (including phenoxy) is 1. The molecular weight excluding hydrogens is 297 g/mol. The van der Waals surface area contributed by atoms with Crippen molar-refractivity contribution in [3.05, 3.63) is 58.9 Å². The minimum absolute atomic E-state index is 0.114. The molecule has 0 aliphatic carbocycles. The number of amides is 1. The predicted octanol–water partition coefficient (Wildman–Crippen LogP) is 2.60. The molecule has 5 nitrogen and oxygen atoms in total. The van der Waals surface area contributed by atoms with E-state index in [0.29, 0.717) is 35.7 Å². The first kappa shape index (κ1) is 16.3. The van der Waals surface area contributed by atoms with Gasteiger partial charge in [-0.1, -0.05) is 0 Å². The number of halogens is 1. The largest absolute Gasteiger partial charge is 0.492 e. The van der Waals surface area contributed by atoms with E-state index in [-0.39, 0.29) is 5.56 Å². The summed E-state index contributed by atoms with van der Waals surface area (Å²) >= 11 is 0. The molecule has 23 heavy (non-hydrogen) atoms. The fourth-order valence-electron chi connectivity index (χ4n) is 1.99. The number of anilines is 1. The molecule has 0 saturated heterocycles. The van der Waals surface area contributed by atoms with Gasteiger partial charge in [0.1, 0.15) is 18.2 Å². The number of primary amides is 1. The van der Waals surface area contributed by atoms with Gasteiger partial charge in [0.25, 0.3) is 0 Å². The molecule has 0 spiro atoms. The first-order chi connectivity index (χ1) is 11.0. The second-order valence-electron chi connectivity index (χ2n) is 4.91. The molecule has 3 N–H and O–H groups in total. The lowest BCUT2D eigenvalue weighted by atomic mass is 10.1. The molecule has 0 saturated carbocycles. The van der Waals surface area contributed by atoms with Crippen molar-refractivity contribution in [2.45, 2.75) is 6.92 Å². The maximum Gasteiger partial charge on any atom is 0.248 e. The molecule has 1 amide bonds. The molecule has 2 rings (SSSR count). The number of benzene rings is 2. The van der Waals surface area contributed by atoms with E-state index in [4.69, 9.17) is 15.7 Å². The van der Waals surface area contributed by atoms with Gasteiger partial charge in [0.15, 0.2) is 0 Å². The molecule has 118 valence electrons. The standard InChI is InChI=1S/C17H16FN3O2/c1-11-15(18)8-13(17(20)22)9-16(11)21-6-7-23-14-4-2-12(10-19)3-5-14/h2-5,8-9,21H,6-7H2,1H3,(H2,20,22). The maximum absolute atomic E-state index is 13.7. The molecule has 2 aromatic rings. The summed E-state index contributed by atoms with van der Waals surface area (Å²) in [5.41, 5.74) is 6.76. The third-order valence-corrected chi connectivity index (χ3v) is 3.30. The molecule has 6 heteroatoms. The third kappa shape index (κ3) is 4.20. The average molecular weight is 313 g/mol. The fourth-order valence-corrected chi connectivity index (χ4v) is 1.99. The third-order valence-electron chi connectivity index (χ3n) is 3.30. The SMILES string of the molecule is Cc1c(F)cc(C(N)=O)cc1NCCOc1ccc(C#N)cc1. The summed E-state index contributed by atoms with van der Waals surface area (Å²) in [6, 6.07) is 11.4. The summed E-state index contributed by atoms with van der Waals surface area (Å²) in [4.78, 5) is 11.2. The minimum atomic E-state index is -0.680. The highest BCUT2D eigenvalue weighted by molar-refractivity contribution is 5.94. The molecule has 0 aliphatic rings. The number of hydrogen-bond donors (Lipinski definition) is 2. The Morgan fingerprint density at radius 1 is 1.35 bits per heavy atom. The maximum atomic E-state index is 13.7. The number of carbonyl (C=O) groups excluding carboxylic acids is 1. The zero-order chi connectivity index (χ0) is 16.8. The number of hydrogen-bond acceptors (Lipinski definition) is 4. The van der Waals surface area contributed by atoms with Crippen LogP contribution in [-0.4, -0.2) is 19.1 Å². The van der Waals surface area contributed by atoms with E-state index in [2.05, 4.69) is 5.32 Å². The van der Waals surface area contributed by atoms with Crippen molar-refractivity contribution in [3.63, 3.8) is 0 Å². The molecule has 0 aromatic heterocycles. The van der Waals surface area contributed by atoms with Gasteiger partial charge in [-0.3, -0.25) is 4.79 Å². The van der Waals surface area contributed by atoms with Gasteiger partial charge < -0.3 is 15.8 Å². The molecule has 0 radical (unpaired) electrons. The van der Waals surface area contributed by atoms with E-state index in [9.17, 15) is 9.18 Å². The number of rotatable bonds is 6. The number of nitrogens with two attached hydrogens (primary N) is 1. The number of nitriles is 1. The molecule has 0 unspecified atom stereocenters. The van der Waals surface area contributed by atoms with Crippen LogP contribution < -0.4 is 15.8 Å². The summed E-state index contributed by atoms with van der Waals surface area (Å²) < 4.78 is 19.3. The van der Waals surface area contributed by atoms with Gasteiger partial charge >= 0.3 is 0 Å². The first-order valence-electron chi connectivity index (χ1n) is 6.98. The fraction of sp³-hybridized carbons (Fsp3) is 0.176. The molecule has 0 atom stereocenters. The lowest BCUT2D eigenvalue weighted by Gasteiger charge is -2.12. The highest BCUT2D eigenvalue weighted by Gasteiger charge is 2.10. The molecule has 2 aromatic carbocycles. The van der Waals surface area contributed by atoms with Gasteiger partial charge in [0.2, 0.25) is 5.91 Å². The van der Waals surface area contributed by atoms with Crippen LogP contribution in [0.25, 0.3) is 0 Å². The van der Waals surface area contributed by atoms with Gasteiger partial charge in [-0.15, -0.1) is 0 Å². The van der Waals surface area contributed by atoms with Crippen LogP contribution in [0.4, 0.5) is 10.1 Å². The lowest BCUT2D eigenvalue weighted by Crippen LogP contribution is -2.15. The smallest absolute Gasteiger partial charge is 0.248 e. The number of carbonyl (C=O) groups is 1. The van der Waals surface area contributed by atoms with Crippen molar-refractivity contribution in [1.82, 2.24) is 0 Å². The van der Waals surface area contributed by atoms with Crippen LogP contribution in [-0.2, 0) is 0 Å². The van der Waals surface area contributed by atoms with Crippen molar-refractivity contribution < 1.29 is 13.9 Å². The van der Waals surface area contributed by atoms with Crippen molar-refractivity contribution in [3.8, 4) is 11.8 Å². The highest BCUT2D eigenvalue weighted by Crippen LogP contribution is 2.20. The Hall–Kier alpha value is -3.07. The zero-order valence-electron chi connectivity index (χ0n) is 12.6. The Labute approximate surface area is 133 Å². The Morgan fingerprint density at radius 2 is 2.04 bits per heavy atom. The van der Waals surface area contributed by atoms with E-state index in [1.54, 1.807) is 31.2 Å². The van der Waals surface area contributed by atoms with Gasteiger partial charge in [-0.2, -0.15) is 5.26 Å². The summed E-state index contributed by atoms with van der Waals surface area (Å²) in [7, 11) is 0. The molecule has 0 heterocycles. The summed E-state index contributed by atoms with van der Waals surface area (Å²) in [6.45, 7) is 2.38. The minimum Gasteiger partial charge on any atom is -0.492 e. The Morgan fingerprint density at radius 3 is 2.65 bits per heavy atom. The van der Waals surface area contributed by atoms with Gasteiger partial charge in [0.05, 0.1) is 11.6 Å². The highest BCUT2D eigenvalue weighted by atomic mass is 19.1. The summed E-state index contributed by atoms with van der Waals surface area (Å²) in [6.07, 6.45) is 0. The second-order valence-corrected chi connectivity index (χ2v) is 4.91. The van der Waals surface area contributed by atoms with E-state index >= 15 is 0 Å². The summed E-state index contributed by atoms with van der Waals surface area (Å²) in [5.74, 6) is -0.530. The molecule has 0 fully saturated rings. The Kier molecular flexibility index (Phi) is 5.15. The van der Waals surface area contributed by atoms with E-state index in [1.165, 1.54) is 6.07 Å². The van der Waals surface area contributed by atoms with Crippen LogP contribution in [0.2, 0.25) is 0 Å². The van der Waals surface area contributed by atoms with Crippen molar-refractivity contribution in [2.24, 2.45) is 5.73 Å². The number of nitrogens with one attached hydrogen (secondary N) is 1. The normalized spacial score (nSPS) is 9.96. The van der Waals surface area contributed by atoms with Crippen molar-refractivity contribution in [2.75, 3.05) is 18.5 Å². The Balaban J connectivity index is 1.93. The monoisotopic (exact) mass is 313 g/mol. The first-order valence-corrected chi connectivity index (χ1v) is 6.98. The van der Waals surface area contributed by atoms with Crippen LogP contribution in [0.5, 0.6) is 5.75 Å². The zero-order valence-corrected chi connectivity index (χ0v) is 12.6. The summed E-state index contributed by atoms with van der Waals surface area (Å²) in [5, 5.41) is 11.7. The van der Waals surface area contributed by atoms with Crippen LogP contribution in [0.3, 0.4) is 0 Å². The lowest BCUT2D eigenvalue weighted by molar-refractivity contribution is 0.1000. The molecule has 0 bridgehead atoms. The van der Waals surface area contributed by atoms with Crippen LogP contribution >= 0.6 is 0 Å². The van der Waals surface area contributed by atoms with Gasteiger partial charge in [-0.25, -0.2) is 4.39 Å². The topological polar surface area (TPSA) is 88.1 Å². The van der Waals surface area contributed by atoms with E-state index in [0.717, 1.165) is 6.07 Å². The predicted molar refractivity (Wildman–Crippen MR) is 84.8 cm³/mol. The molecule has 0 aliphatic heterocycles. The van der Waals surface area contributed by atoms with Crippen LogP contribution in [0.1, 0.15) is 21.5 Å². The van der Waals surface area contributed by atoms with E-state index in [1.807, 2.05) is 6.07 Å². The van der Waals surface area contributed by atoms with E-state index < -0.39 is 11.7 Å². The van der Waals surface area contributed by atoms with Gasteiger partial charge in [0, 0.05) is 23.4 Å². The molecular formula is C17H16FN3O2. The van der Waals surface area contributed by atoms with Crippen molar-refractivity contribution in [1.29, 1.82) is 5.26 Å². The quantitative estimate of drug-likeness (QED) is 0.802.